The number of amides is 1. The van der Waals surface area contributed by atoms with Gasteiger partial charge in [-0.05, 0) is 23.8 Å². The van der Waals surface area contributed by atoms with Gasteiger partial charge in [0, 0.05) is 19.3 Å². The molecule has 1 aromatic carbocycles. The Kier molecular flexibility index (Phi) is 6.59. The van der Waals surface area contributed by atoms with E-state index in [4.69, 9.17) is 9.47 Å². The number of aromatic nitrogens is 1. The zero-order valence-electron chi connectivity index (χ0n) is 16.1. The highest BCUT2D eigenvalue weighted by molar-refractivity contribution is 7.89. The number of hydrogen-bond acceptors (Lipinski definition) is 8. The van der Waals surface area contributed by atoms with Crippen molar-refractivity contribution in [2.45, 2.75) is 11.3 Å². The van der Waals surface area contributed by atoms with Crippen LogP contribution in [0.4, 0.5) is 11.4 Å². The Morgan fingerprint density at radius 3 is 2.73 bits per heavy atom. The number of nitrogens with zero attached hydrogens (tertiary/aromatic N) is 3. The standard InChI is InChI=1S/C18H20N4O7S/c1-28-16-3-2-13(10-17(16)30(26,27)21-6-8-29-9-7-21)11-18(23)20-14-4-5-19-12-15(14)22(24)25/h2-5,10,12H,6-9,11H2,1H3,(H,19,20,23). The number of benzene rings is 1. The molecule has 1 aliphatic heterocycles. The summed E-state index contributed by atoms with van der Waals surface area (Å²) in [5, 5.41) is 13.5. The van der Waals surface area contributed by atoms with Gasteiger partial charge in [-0.25, -0.2) is 8.42 Å². The zero-order valence-corrected chi connectivity index (χ0v) is 16.9. The number of anilines is 1. The summed E-state index contributed by atoms with van der Waals surface area (Å²) in [4.78, 5) is 26.4. The van der Waals surface area contributed by atoms with E-state index in [2.05, 4.69) is 10.3 Å². The molecule has 1 fully saturated rings. The maximum atomic E-state index is 13.0. The molecule has 0 unspecified atom stereocenters. The lowest BCUT2D eigenvalue weighted by Crippen LogP contribution is -2.40. The molecule has 0 bridgehead atoms. The predicted octanol–water partition coefficient (Wildman–Crippen LogP) is 1.20. The summed E-state index contributed by atoms with van der Waals surface area (Å²) in [5.41, 5.74) is 0.0858. The molecule has 12 heteroatoms. The Bertz CT molecular complexity index is 1050. The normalized spacial score (nSPS) is 14.8. The smallest absolute Gasteiger partial charge is 0.310 e. The van der Waals surface area contributed by atoms with Crippen molar-refractivity contribution in [1.82, 2.24) is 9.29 Å². The summed E-state index contributed by atoms with van der Waals surface area (Å²) in [6.45, 7) is 1.05. The first-order valence-corrected chi connectivity index (χ1v) is 10.4. The fourth-order valence-electron chi connectivity index (χ4n) is 2.98. The van der Waals surface area contributed by atoms with Gasteiger partial charge in [-0.1, -0.05) is 6.07 Å². The monoisotopic (exact) mass is 436 g/mol. The number of methoxy groups -OCH3 is 1. The second-order valence-electron chi connectivity index (χ2n) is 6.38. The van der Waals surface area contributed by atoms with Gasteiger partial charge in [-0.15, -0.1) is 0 Å². The van der Waals surface area contributed by atoms with Crippen LogP contribution in [0.25, 0.3) is 0 Å². The Balaban J connectivity index is 1.83. The van der Waals surface area contributed by atoms with Crippen molar-refractivity contribution in [3.05, 3.63) is 52.3 Å². The van der Waals surface area contributed by atoms with Crippen molar-refractivity contribution in [2.75, 3.05) is 38.7 Å². The van der Waals surface area contributed by atoms with Crippen LogP contribution in [0.2, 0.25) is 0 Å². The summed E-state index contributed by atoms with van der Waals surface area (Å²) in [6.07, 6.45) is 2.17. The van der Waals surface area contributed by atoms with E-state index in [9.17, 15) is 23.3 Å². The van der Waals surface area contributed by atoms with Gasteiger partial charge in [0.25, 0.3) is 0 Å². The summed E-state index contributed by atoms with van der Waals surface area (Å²) in [5.74, 6) is -0.375. The maximum absolute atomic E-state index is 13.0. The third kappa shape index (κ3) is 4.72. The lowest BCUT2D eigenvalue weighted by Gasteiger charge is -2.26. The summed E-state index contributed by atoms with van der Waals surface area (Å²) in [6, 6.07) is 5.74. The molecular formula is C18H20N4O7S. The number of carbonyl (C=O) groups is 1. The van der Waals surface area contributed by atoms with Crippen LogP contribution in [0.1, 0.15) is 5.56 Å². The van der Waals surface area contributed by atoms with Crippen LogP contribution >= 0.6 is 0 Å². The highest BCUT2D eigenvalue weighted by atomic mass is 32.2. The number of rotatable bonds is 7. The molecule has 0 saturated carbocycles. The maximum Gasteiger partial charge on any atom is 0.310 e. The first kappa shape index (κ1) is 21.6. The Morgan fingerprint density at radius 2 is 2.07 bits per heavy atom. The number of ether oxygens (including phenoxy) is 2. The number of sulfonamides is 1. The lowest BCUT2D eigenvalue weighted by molar-refractivity contribution is -0.384. The molecule has 1 N–H and O–H groups in total. The van der Waals surface area contributed by atoms with Gasteiger partial charge < -0.3 is 14.8 Å². The molecule has 11 nitrogen and oxygen atoms in total. The van der Waals surface area contributed by atoms with Gasteiger partial charge in [0.1, 0.15) is 22.5 Å². The minimum atomic E-state index is -3.84. The zero-order chi connectivity index (χ0) is 21.7. The minimum absolute atomic E-state index is 0.00896. The average molecular weight is 436 g/mol. The fraction of sp³-hybridized carbons (Fsp3) is 0.333. The highest BCUT2D eigenvalue weighted by Gasteiger charge is 2.29. The molecule has 160 valence electrons. The number of carbonyl (C=O) groups excluding carboxylic acids is 1. The van der Waals surface area contributed by atoms with E-state index in [1.807, 2.05) is 0 Å². The molecule has 0 radical (unpaired) electrons. The quantitative estimate of drug-likeness (QED) is 0.504. The van der Waals surface area contributed by atoms with Gasteiger partial charge in [-0.2, -0.15) is 4.31 Å². The van der Waals surface area contributed by atoms with Gasteiger partial charge in [-0.3, -0.25) is 19.9 Å². The number of pyridine rings is 1. The Labute approximate surface area is 172 Å². The number of nitrogens with one attached hydrogen (secondary N) is 1. The second kappa shape index (κ2) is 9.15. The van der Waals surface area contributed by atoms with Crippen LogP contribution in [0.15, 0.2) is 41.6 Å². The second-order valence-corrected chi connectivity index (χ2v) is 8.28. The molecule has 3 rings (SSSR count). The number of morpholine rings is 1. The van der Waals surface area contributed by atoms with Crippen LogP contribution in [0, 0.1) is 10.1 Å². The van der Waals surface area contributed by atoms with Gasteiger partial charge >= 0.3 is 5.69 Å². The molecule has 30 heavy (non-hydrogen) atoms. The largest absolute Gasteiger partial charge is 0.495 e. The first-order chi connectivity index (χ1) is 14.3. The van der Waals surface area contributed by atoms with Crippen LogP contribution in [0.5, 0.6) is 5.75 Å². The van der Waals surface area contributed by atoms with Crippen LogP contribution in [0.3, 0.4) is 0 Å². The van der Waals surface area contributed by atoms with E-state index in [1.165, 1.54) is 35.8 Å². The van der Waals surface area contributed by atoms with Crippen LogP contribution < -0.4 is 10.1 Å². The van der Waals surface area contributed by atoms with Crippen LogP contribution in [-0.2, 0) is 26.0 Å². The van der Waals surface area contributed by atoms with E-state index in [0.717, 1.165) is 6.20 Å². The van der Waals surface area contributed by atoms with E-state index in [1.54, 1.807) is 6.07 Å². The number of hydrogen-bond donors (Lipinski definition) is 1. The van der Waals surface area contributed by atoms with E-state index in [-0.39, 0.29) is 41.5 Å². The summed E-state index contributed by atoms with van der Waals surface area (Å²) < 4.78 is 37.8. The molecule has 0 atom stereocenters. The van der Waals surface area contributed by atoms with Crippen molar-refractivity contribution >= 4 is 27.3 Å². The Hall–Kier alpha value is -3.09. The van der Waals surface area contributed by atoms with Gasteiger partial charge in [0.05, 0.1) is 31.7 Å². The molecule has 1 aromatic heterocycles. The Morgan fingerprint density at radius 1 is 1.33 bits per heavy atom. The fourth-order valence-corrected chi connectivity index (χ4v) is 4.59. The highest BCUT2D eigenvalue weighted by Crippen LogP contribution is 2.29. The molecule has 0 aliphatic carbocycles. The molecular weight excluding hydrogens is 416 g/mol. The van der Waals surface area contributed by atoms with Crippen molar-refractivity contribution in [2.24, 2.45) is 0 Å². The topological polar surface area (TPSA) is 141 Å². The molecule has 1 aliphatic rings. The average Bonchev–Trinajstić information content (AvgIpc) is 2.74. The van der Waals surface area contributed by atoms with Gasteiger partial charge in [0.2, 0.25) is 15.9 Å². The summed E-state index contributed by atoms with van der Waals surface area (Å²) in [7, 11) is -2.48. The van der Waals surface area contributed by atoms with Crippen molar-refractivity contribution in [3.8, 4) is 5.75 Å². The first-order valence-electron chi connectivity index (χ1n) is 8.96. The molecule has 1 saturated heterocycles. The van der Waals surface area contributed by atoms with Gasteiger partial charge in [0.15, 0.2) is 0 Å². The summed E-state index contributed by atoms with van der Waals surface area (Å²) >= 11 is 0. The molecule has 2 aromatic rings. The van der Waals surface area contributed by atoms with E-state index < -0.39 is 20.9 Å². The SMILES string of the molecule is COc1ccc(CC(=O)Nc2ccncc2[N+](=O)[O-])cc1S(=O)(=O)N1CCOCC1. The molecule has 2 heterocycles. The van der Waals surface area contributed by atoms with Crippen molar-refractivity contribution in [3.63, 3.8) is 0 Å². The van der Waals surface area contributed by atoms with Crippen molar-refractivity contribution < 1.29 is 27.6 Å². The van der Waals surface area contributed by atoms with Crippen molar-refractivity contribution in [1.29, 1.82) is 0 Å². The number of nitro groups is 1. The third-order valence-corrected chi connectivity index (χ3v) is 6.37. The third-order valence-electron chi connectivity index (χ3n) is 4.45. The molecule has 1 amide bonds. The predicted molar refractivity (Wildman–Crippen MR) is 106 cm³/mol. The van der Waals surface area contributed by atoms with E-state index in [0.29, 0.717) is 18.8 Å². The molecule has 0 spiro atoms. The minimum Gasteiger partial charge on any atom is -0.495 e. The lowest BCUT2D eigenvalue weighted by atomic mass is 10.1. The van der Waals surface area contributed by atoms with E-state index >= 15 is 0 Å². The van der Waals surface area contributed by atoms with Crippen LogP contribution in [-0.4, -0.2) is 62.0 Å².